The van der Waals surface area contributed by atoms with Crippen molar-refractivity contribution in [3.05, 3.63) is 30.0 Å². The number of nitrogens with zero attached hydrogens (tertiary/aromatic N) is 3. The van der Waals surface area contributed by atoms with Crippen LogP contribution in [0.2, 0.25) is 0 Å². The zero-order valence-electron chi connectivity index (χ0n) is 10.1. The second-order valence-corrected chi connectivity index (χ2v) is 4.01. The average Bonchev–Trinajstić information content (AvgIpc) is 2.80. The number of H-pyrrole nitrogens is 1. The van der Waals surface area contributed by atoms with Gasteiger partial charge in [-0.05, 0) is 24.3 Å². The van der Waals surface area contributed by atoms with Crippen molar-refractivity contribution in [1.82, 2.24) is 9.88 Å². The molecule has 0 aliphatic heterocycles. The lowest BCUT2D eigenvalue weighted by atomic mass is 10.2. The minimum absolute atomic E-state index is 0.121. The first kappa shape index (κ1) is 12.5. The van der Waals surface area contributed by atoms with Crippen LogP contribution in [0.15, 0.2) is 24.3 Å². The van der Waals surface area contributed by atoms with E-state index in [1.165, 1.54) is 4.90 Å². The molecule has 0 spiro atoms. The molecule has 19 heavy (non-hydrogen) atoms. The summed E-state index contributed by atoms with van der Waals surface area (Å²) in [6.45, 7) is -0.242. The summed E-state index contributed by atoms with van der Waals surface area (Å²) in [5.74, 6) is -0.377. The molecule has 6 nitrogen and oxygen atoms in total. The molecule has 94 valence electrons. The van der Waals surface area contributed by atoms with Gasteiger partial charge in [0.15, 0.2) is 0 Å². The number of hydrogen-bond acceptors (Lipinski definition) is 4. The van der Waals surface area contributed by atoms with Gasteiger partial charge in [-0.3, -0.25) is 4.79 Å². The maximum atomic E-state index is 12.1. The van der Waals surface area contributed by atoms with Crippen LogP contribution in [0.4, 0.5) is 5.69 Å². The summed E-state index contributed by atoms with van der Waals surface area (Å²) in [5.41, 5.74) is 7.40. The van der Waals surface area contributed by atoms with Crippen LogP contribution in [0.5, 0.6) is 0 Å². The number of fused-ring (bicyclic) bond motifs is 1. The highest BCUT2D eigenvalue weighted by Gasteiger charge is 2.17. The van der Waals surface area contributed by atoms with Crippen molar-refractivity contribution in [2.24, 2.45) is 0 Å². The van der Waals surface area contributed by atoms with Crippen LogP contribution in [0.3, 0.4) is 0 Å². The number of nitrogen functional groups attached to an aromatic ring is 1. The lowest BCUT2D eigenvalue weighted by Crippen LogP contribution is -2.31. The van der Waals surface area contributed by atoms with E-state index in [2.05, 4.69) is 4.98 Å². The van der Waals surface area contributed by atoms with Gasteiger partial charge in [0.25, 0.3) is 5.91 Å². The van der Waals surface area contributed by atoms with Crippen molar-refractivity contribution in [3.8, 4) is 12.1 Å². The Morgan fingerprint density at radius 2 is 1.95 bits per heavy atom. The van der Waals surface area contributed by atoms with Gasteiger partial charge in [-0.2, -0.15) is 10.5 Å². The van der Waals surface area contributed by atoms with E-state index in [1.54, 1.807) is 24.3 Å². The summed E-state index contributed by atoms with van der Waals surface area (Å²) in [7, 11) is 0. The fourth-order valence-electron chi connectivity index (χ4n) is 1.81. The molecule has 1 amide bonds. The number of amides is 1. The first-order valence-electron chi connectivity index (χ1n) is 5.57. The molecule has 0 aliphatic carbocycles. The SMILES string of the molecule is N#CCN(CC#N)C(=O)c1cc2cc(N)ccc2[nH]1. The van der Waals surface area contributed by atoms with Gasteiger partial charge in [-0.25, -0.2) is 0 Å². The van der Waals surface area contributed by atoms with Crippen molar-refractivity contribution in [2.45, 2.75) is 0 Å². The van der Waals surface area contributed by atoms with E-state index < -0.39 is 0 Å². The third-order valence-electron chi connectivity index (χ3n) is 2.69. The Labute approximate surface area is 109 Å². The van der Waals surface area contributed by atoms with Crippen molar-refractivity contribution in [1.29, 1.82) is 10.5 Å². The van der Waals surface area contributed by atoms with Crippen molar-refractivity contribution in [2.75, 3.05) is 18.8 Å². The largest absolute Gasteiger partial charge is 0.399 e. The molecule has 1 aromatic carbocycles. The Kier molecular flexibility index (Phi) is 3.35. The van der Waals surface area contributed by atoms with Crippen molar-refractivity contribution < 1.29 is 4.79 Å². The number of carbonyl (C=O) groups excluding carboxylic acids is 1. The molecule has 0 radical (unpaired) electrons. The van der Waals surface area contributed by atoms with E-state index in [0.29, 0.717) is 11.4 Å². The third kappa shape index (κ3) is 2.48. The molecule has 1 aromatic heterocycles. The van der Waals surface area contributed by atoms with E-state index >= 15 is 0 Å². The number of aromatic amines is 1. The minimum Gasteiger partial charge on any atom is -0.399 e. The summed E-state index contributed by atoms with van der Waals surface area (Å²) in [4.78, 5) is 16.3. The molecule has 2 aromatic rings. The van der Waals surface area contributed by atoms with Crippen LogP contribution >= 0.6 is 0 Å². The van der Waals surface area contributed by atoms with Gasteiger partial charge in [0.05, 0.1) is 12.1 Å². The molecule has 2 rings (SSSR count). The average molecular weight is 253 g/mol. The van der Waals surface area contributed by atoms with Gasteiger partial charge in [0.2, 0.25) is 0 Å². The van der Waals surface area contributed by atoms with E-state index in [9.17, 15) is 4.79 Å². The summed E-state index contributed by atoms with van der Waals surface area (Å²) in [5, 5.41) is 18.1. The quantitative estimate of drug-likeness (QED) is 0.633. The number of anilines is 1. The highest BCUT2D eigenvalue weighted by Crippen LogP contribution is 2.19. The van der Waals surface area contributed by atoms with Crippen molar-refractivity contribution in [3.63, 3.8) is 0 Å². The predicted octanol–water partition coefficient (Wildman–Crippen LogP) is 1.24. The maximum Gasteiger partial charge on any atom is 0.272 e. The number of rotatable bonds is 3. The van der Waals surface area contributed by atoms with Gasteiger partial charge >= 0.3 is 0 Å². The number of nitriles is 2. The highest BCUT2D eigenvalue weighted by atomic mass is 16.2. The third-order valence-corrected chi connectivity index (χ3v) is 2.69. The monoisotopic (exact) mass is 253 g/mol. The van der Waals surface area contributed by atoms with Gasteiger partial charge in [0.1, 0.15) is 18.8 Å². The zero-order valence-corrected chi connectivity index (χ0v) is 10.1. The topological polar surface area (TPSA) is 110 Å². The number of benzene rings is 1. The van der Waals surface area contributed by atoms with Gasteiger partial charge in [0, 0.05) is 16.6 Å². The van der Waals surface area contributed by atoms with Gasteiger partial charge < -0.3 is 15.6 Å². The lowest BCUT2D eigenvalue weighted by molar-refractivity contribution is 0.0790. The number of aromatic nitrogens is 1. The molecule has 6 heteroatoms. The molecule has 3 N–H and O–H groups in total. The second-order valence-electron chi connectivity index (χ2n) is 4.01. The second kappa shape index (κ2) is 5.11. The molecule has 0 saturated carbocycles. The molecule has 1 heterocycles. The first-order valence-corrected chi connectivity index (χ1v) is 5.57. The Balaban J connectivity index is 2.35. The fraction of sp³-hybridized carbons (Fsp3) is 0.154. The number of hydrogen-bond donors (Lipinski definition) is 2. The normalized spacial score (nSPS) is 9.79. The maximum absolute atomic E-state index is 12.1. The predicted molar refractivity (Wildman–Crippen MR) is 69.8 cm³/mol. The van der Waals surface area contributed by atoms with Crippen LogP contribution in [0.25, 0.3) is 10.9 Å². The van der Waals surface area contributed by atoms with E-state index in [-0.39, 0.29) is 19.0 Å². The number of nitrogens with one attached hydrogen (secondary N) is 1. The number of carbonyl (C=O) groups is 1. The molecule has 0 bridgehead atoms. The van der Waals surface area contributed by atoms with Gasteiger partial charge in [-0.1, -0.05) is 0 Å². The molecule has 0 fully saturated rings. The van der Waals surface area contributed by atoms with Crippen LogP contribution in [0, 0.1) is 22.7 Å². The van der Waals surface area contributed by atoms with Crippen LogP contribution in [-0.2, 0) is 0 Å². The Bertz CT molecular complexity index is 688. The lowest BCUT2D eigenvalue weighted by Gasteiger charge is -2.14. The summed E-state index contributed by atoms with van der Waals surface area (Å²) in [6, 6.07) is 10.7. The fourth-order valence-corrected chi connectivity index (χ4v) is 1.81. The Morgan fingerprint density at radius 3 is 2.58 bits per heavy atom. The molecule has 0 saturated heterocycles. The van der Waals surface area contributed by atoms with Crippen LogP contribution in [0.1, 0.15) is 10.5 Å². The highest BCUT2D eigenvalue weighted by molar-refractivity contribution is 5.98. The molecule has 0 unspecified atom stereocenters. The molecular weight excluding hydrogens is 242 g/mol. The Morgan fingerprint density at radius 1 is 1.26 bits per heavy atom. The zero-order chi connectivity index (χ0) is 13.8. The molecule has 0 aliphatic rings. The smallest absolute Gasteiger partial charge is 0.272 e. The number of nitrogens with two attached hydrogens (primary N) is 1. The summed E-state index contributed by atoms with van der Waals surface area (Å²) < 4.78 is 0. The Hall–Kier alpha value is -2.99. The van der Waals surface area contributed by atoms with E-state index in [4.69, 9.17) is 16.3 Å². The molecular formula is C13H11N5O. The minimum atomic E-state index is -0.377. The van der Waals surface area contributed by atoms with E-state index in [0.717, 1.165) is 10.9 Å². The summed E-state index contributed by atoms with van der Waals surface area (Å²) >= 11 is 0. The summed E-state index contributed by atoms with van der Waals surface area (Å²) in [6.07, 6.45) is 0. The van der Waals surface area contributed by atoms with Crippen LogP contribution < -0.4 is 5.73 Å². The van der Waals surface area contributed by atoms with Gasteiger partial charge in [-0.15, -0.1) is 0 Å². The molecule has 0 atom stereocenters. The van der Waals surface area contributed by atoms with Crippen molar-refractivity contribution >= 4 is 22.5 Å². The van der Waals surface area contributed by atoms with Crippen LogP contribution in [-0.4, -0.2) is 28.9 Å². The standard InChI is InChI=1S/C13H11N5O/c14-3-5-18(6-4-15)13(19)12-8-9-7-10(16)1-2-11(9)17-12/h1-2,7-8,17H,5-6,16H2. The first-order chi connectivity index (χ1) is 9.15. The van der Waals surface area contributed by atoms with E-state index in [1.807, 2.05) is 12.1 Å².